The van der Waals surface area contributed by atoms with Gasteiger partial charge in [0, 0.05) is 18.7 Å². The molecule has 0 atom stereocenters. The van der Waals surface area contributed by atoms with Gasteiger partial charge in [-0.1, -0.05) is 60.7 Å². The number of rotatable bonds is 4. The monoisotopic (exact) mass is 337 g/mol. The van der Waals surface area contributed by atoms with E-state index in [1.807, 2.05) is 11.5 Å². The van der Waals surface area contributed by atoms with E-state index in [9.17, 15) is 0 Å². The van der Waals surface area contributed by atoms with Crippen molar-refractivity contribution in [2.24, 2.45) is 0 Å². The van der Waals surface area contributed by atoms with Crippen LogP contribution < -0.4 is 8.86 Å². The largest absolute Gasteiger partial charge is 0.378 e. The van der Waals surface area contributed by atoms with Crippen molar-refractivity contribution in [3.8, 4) is 11.1 Å². The molecule has 1 aromatic heterocycles. The fourth-order valence-electron chi connectivity index (χ4n) is 3.04. The first-order valence-corrected chi connectivity index (χ1v) is 9.13. The van der Waals surface area contributed by atoms with Crippen molar-refractivity contribution in [1.82, 2.24) is 0 Å². The maximum absolute atomic E-state index is 5.53. The molecule has 0 radical (unpaired) electrons. The van der Waals surface area contributed by atoms with Crippen LogP contribution in [0.25, 0.3) is 11.1 Å². The molecule has 1 saturated heterocycles. The summed E-state index contributed by atoms with van der Waals surface area (Å²) in [4.78, 5) is 2.46. The molecule has 1 aliphatic heterocycles. The third-order valence-corrected chi connectivity index (χ3v) is 5.39. The van der Waals surface area contributed by atoms with Crippen molar-refractivity contribution in [3.63, 3.8) is 0 Å². The quantitative estimate of drug-likeness (QED) is 0.677. The maximum atomic E-state index is 5.53. The van der Waals surface area contributed by atoms with Crippen LogP contribution in [0.1, 0.15) is 5.56 Å². The normalized spacial score (nSPS) is 14.8. The molecular formula is C20H21N2OS+. The van der Waals surface area contributed by atoms with E-state index >= 15 is 0 Å². The summed E-state index contributed by atoms with van der Waals surface area (Å²) < 4.78 is 7.86. The Bertz CT molecular complexity index is 780. The van der Waals surface area contributed by atoms with Crippen molar-refractivity contribution in [2.75, 3.05) is 31.2 Å². The highest BCUT2D eigenvalue weighted by atomic mass is 32.1. The summed E-state index contributed by atoms with van der Waals surface area (Å²) in [6.07, 6.45) is 2.29. The molecule has 122 valence electrons. The standard InChI is InChI=1S/C20H21N2OS/c1-3-7-17(8-4-1)15-22-16-19(18-9-5-2-6-10-18)20(24-22)21-11-13-23-14-12-21/h1-10,16H,11-15H2/q+1. The molecule has 0 unspecified atom stereocenters. The zero-order valence-corrected chi connectivity index (χ0v) is 14.4. The SMILES string of the molecule is c1ccc(C[n+]2cc(-c3ccccc3)c(N3CCOCC3)s2)cc1. The summed E-state index contributed by atoms with van der Waals surface area (Å²) in [7, 11) is 0. The maximum Gasteiger partial charge on any atom is 0.194 e. The highest BCUT2D eigenvalue weighted by molar-refractivity contribution is 7.07. The first-order valence-electron chi connectivity index (χ1n) is 8.36. The van der Waals surface area contributed by atoms with Gasteiger partial charge in [0.2, 0.25) is 0 Å². The third-order valence-electron chi connectivity index (χ3n) is 4.27. The number of benzene rings is 2. The van der Waals surface area contributed by atoms with Gasteiger partial charge in [0.15, 0.2) is 29.3 Å². The van der Waals surface area contributed by atoms with Crippen molar-refractivity contribution in [3.05, 3.63) is 72.4 Å². The predicted molar refractivity (Wildman–Crippen MR) is 98.5 cm³/mol. The number of anilines is 1. The van der Waals surface area contributed by atoms with Gasteiger partial charge < -0.3 is 9.64 Å². The molecule has 0 amide bonds. The van der Waals surface area contributed by atoms with Crippen molar-refractivity contribution >= 4 is 16.5 Å². The fourth-order valence-corrected chi connectivity index (χ4v) is 4.20. The van der Waals surface area contributed by atoms with Gasteiger partial charge in [-0.15, -0.1) is 3.96 Å². The average molecular weight is 337 g/mol. The van der Waals surface area contributed by atoms with Gasteiger partial charge in [-0.25, -0.2) is 0 Å². The summed E-state index contributed by atoms with van der Waals surface area (Å²) in [5.41, 5.74) is 3.93. The van der Waals surface area contributed by atoms with Gasteiger partial charge >= 0.3 is 0 Å². The van der Waals surface area contributed by atoms with Crippen LogP contribution in [-0.4, -0.2) is 26.3 Å². The number of nitrogens with zero attached hydrogens (tertiary/aromatic N) is 2. The zero-order chi connectivity index (χ0) is 16.2. The fraction of sp³-hybridized carbons (Fsp3) is 0.250. The lowest BCUT2D eigenvalue weighted by Gasteiger charge is -2.26. The van der Waals surface area contributed by atoms with Gasteiger partial charge in [-0.05, 0) is 5.56 Å². The second kappa shape index (κ2) is 7.16. The molecule has 3 aromatic rings. The molecule has 0 spiro atoms. The van der Waals surface area contributed by atoms with Crippen LogP contribution in [0.15, 0.2) is 66.9 Å². The molecule has 4 rings (SSSR count). The Morgan fingerprint density at radius 2 is 1.58 bits per heavy atom. The van der Waals surface area contributed by atoms with Crippen molar-refractivity contribution < 1.29 is 8.69 Å². The molecule has 2 heterocycles. The van der Waals surface area contributed by atoms with E-state index in [4.69, 9.17) is 4.74 Å². The second-order valence-electron chi connectivity index (χ2n) is 5.97. The van der Waals surface area contributed by atoms with Gasteiger partial charge in [-0.3, -0.25) is 0 Å². The van der Waals surface area contributed by atoms with E-state index in [1.54, 1.807) is 0 Å². The minimum absolute atomic E-state index is 0.810. The third kappa shape index (κ3) is 3.35. The van der Waals surface area contributed by atoms with Crippen LogP contribution >= 0.6 is 11.5 Å². The van der Waals surface area contributed by atoms with Gasteiger partial charge in [0.25, 0.3) is 0 Å². The van der Waals surface area contributed by atoms with E-state index < -0.39 is 0 Å². The predicted octanol–water partition coefficient (Wildman–Crippen LogP) is 3.59. The van der Waals surface area contributed by atoms with Crippen LogP contribution in [0.5, 0.6) is 0 Å². The minimum Gasteiger partial charge on any atom is -0.378 e. The van der Waals surface area contributed by atoms with Crippen LogP contribution in [0.4, 0.5) is 5.00 Å². The molecular weight excluding hydrogens is 316 g/mol. The second-order valence-corrected chi connectivity index (χ2v) is 7.00. The Labute approximate surface area is 146 Å². The lowest BCUT2D eigenvalue weighted by molar-refractivity contribution is -0.618. The van der Waals surface area contributed by atoms with Crippen molar-refractivity contribution in [2.45, 2.75) is 6.54 Å². The van der Waals surface area contributed by atoms with Crippen LogP contribution in [-0.2, 0) is 11.3 Å². The lowest BCUT2D eigenvalue weighted by atomic mass is 10.1. The Hall–Kier alpha value is -2.17. The van der Waals surface area contributed by atoms with Crippen molar-refractivity contribution in [1.29, 1.82) is 0 Å². The molecule has 0 bridgehead atoms. The molecule has 2 aromatic carbocycles. The molecule has 1 fully saturated rings. The van der Waals surface area contributed by atoms with E-state index in [0.717, 1.165) is 32.8 Å². The van der Waals surface area contributed by atoms with E-state index in [1.165, 1.54) is 21.7 Å². The Balaban J connectivity index is 1.70. The number of ether oxygens (including phenoxy) is 1. The average Bonchev–Trinajstić information content (AvgIpc) is 3.08. The first kappa shape index (κ1) is 15.4. The van der Waals surface area contributed by atoms with Crippen LogP contribution in [0.3, 0.4) is 0 Å². The topological polar surface area (TPSA) is 16.4 Å². The molecule has 24 heavy (non-hydrogen) atoms. The lowest BCUT2D eigenvalue weighted by Crippen LogP contribution is -2.36. The molecule has 4 heteroatoms. The number of hydrogen-bond donors (Lipinski definition) is 0. The summed E-state index contributed by atoms with van der Waals surface area (Å²) in [5.74, 6) is 0. The number of morpholine rings is 1. The van der Waals surface area contributed by atoms with E-state index in [-0.39, 0.29) is 0 Å². The first-order chi connectivity index (χ1) is 11.9. The van der Waals surface area contributed by atoms with Crippen LogP contribution in [0.2, 0.25) is 0 Å². The smallest absolute Gasteiger partial charge is 0.194 e. The molecule has 1 aliphatic rings. The van der Waals surface area contributed by atoms with Gasteiger partial charge in [0.05, 0.1) is 18.8 Å². The number of hydrogen-bond acceptors (Lipinski definition) is 3. The van der Waals surface area contributed by atoms with E-state index in [2.05, 4.69) is 75.7 Å². The molecule has 0 N–H and O–H groups in total. The summed E-state index contributed by atoms with van der Waals surface area (Å²) in [6, 6.07) is 21.3. The van der Waals surface area contributed by atoms with Crippen LogP contribution in [0, 0.1) is 0 Å². The zero-order valence-electron chi connectivity index (χ0n) is 13.6. The van der Waals surface area contributed by atoms with Gasteiger partial charge in [-0.2, -0.15) is 0 Å². The Morgan fingerprint density at radius 1 is 0.917 bits per heavy atom. The molecule has 0 aliphatic carbocycles. The Morgan fingerprint density at radius 3 is 2.29 bits per heavy atom. The molecule has 3 nitrogen and oxygen atoms in total. The summed E-state index contributed by atoms with van der Waals surface area (Å²) in [6.45, 7) is 4.46. The number of aromatic nitrogens is 1. The summed E-state index contributed by atoms with van der Waals surface area (Å²) >= 11 is 1.84. The van der Waals surface area contributed by atoms with Gasteiger partial charge in [0.1, 0.15) is 0 Å². The van der Waals surface area contributed by atoms with E-state index in [0.29, 0.717) is 0 Å². The Kier molecular flexibility index (Phi) is 4.58. The molecule has 0 saturated carbocycles. The summed E-state index contributed by atoms with van der Waals surface area (Å²) in [5, 5.41) is 1.35. The minimum atomic E-state index is 0.810. The highest BCUT2D eigenvalue weighted by Crippen LogP contribution is 2.34. The highest BCUT2D eigenvalue weighted by Gasteiger charge is 2.24.